The first kappa shape index (κ1) is 17.0. The highest BCUT2D eigenvalue weighted by molar-refractivity contribution is 6.02. The van der Waals surface area contributed by atoms with Gasteiger partial charge in [-0.15, -0.1) is 0 Å². The number of rotatable bonds is 3. The number of carbonyl (C=O) groups excluding carboxylic acids is 1. The number of benzene rings is 1. The maximum absolute atomic E-state index is 13.1. The van der Waals surface area contributed by atoms with Gasteiger partial charge in [0, 0.05) is 17.5 Å². The lowest BCUT2D eigenvalue weighted by atomic mass is 9.90. The maximum Gasteiger partial charge on any atom is 0.194 e. The zero-order chi connectivity index (χ0) is 17.9. The van der Waals surface area contributed by atoms with Crippen LogP contribution in [-0.4, -0.2) is 47.9 Å². The minimum atomic E-state index is -1.05. The number of hydrogen-bond donors (Lipinski definition) is 1. The van der Waals surface area contributed by atoms with E-state index in [-0.39, 0.29) is 5.78 Å². The van der Waals surface area contributed by atoms with Crippen molar-refractivity contribution in [1.82, 2.24) is 0 Å². The molecule has 1 aromatic rings. The lowest BCUT2D eigenvalue weighted by molar-refractivity contribution is -0.208. The van der Waals surface area contributed by atoms with Crippen molar-refractivity contribution in [2.75, 3.05) is 6.61 Å². The first-order valence-electron chi connectivity index (χ1n) is 8.84. The molecule has 0 aliphatic carbocycles. The Balaban J connectivity index is 1.66. The number of aliphatic hydroxyl groups excluding tert-OH is 1. The van der Waals surface area contributed by atoms with Gasteiger partial charge in [-0.1, -0.05) is 6.92 Å². The van der Waals surface area contributed by atoms with Crippen LogP contribution in [0.15, 0.2) is 6.07 Å². The Bertz CT molecular complexity index is 725. The topological polar surface area (TPSA) is 74.2 Å². The zero-order valence-corrected chi connectivity index (χ0v) is 15.0. The van der Waals surface area contributed by atoms with Crippen LogP contribution in [0.2, 0.25) is 0 Å². The quantitative estimate of drug-likeness (QED) is 0.841. The van der Waals surface area contributed by atoms with Crippen molar-refractivity contribution in [2.45, 2.75) is 70.9 Å². The number of Topliss-reactive ketones (excluding diaryl/α,β-unsaturated/α-hetero) is 1. The first-order chi connectivity index (χ1) is 11.8. The molecule has 0 spiro atoms. The van der Waals surface area contributed by atoms with Crippen molar-refractivity contribution in [3.8, 4) is 5.75 Å². The molecule has 6 nitrogen and oxygen atoms in total. The molecule has 25 heavy (non-hydrogen) atoms. The molecule has 0 saturated carbocycles. The third-order valence-corrected chi connectivity index (χ3v) is 5.26. The van der Waals surface area contributed by atoms with Crippen LogP contribution in [0.25, 0.3) is 0 Å². The van der Waals surface area contributed by atoms with Gasteiger partial charge in [0.05, 0.1) is 6.61 Å². The monoisotopic (exact) mass is 348 g/mol. The van der Waals surface area contributed by atoms with E-state index in [9.17, 15) is 9.90 Å². The Hall–Kier alpha value is -1.47. The van der Waals surface area contributed by atoms with Crippen molar-refractivity contribution in [3.63, 3.8) is 0 Å². The van der Waals surface area contributed by atoms with E-state index < -0.39 is 30.4 Å². The molecule has 0 aromatic heterocycles. The normalized spacial score (nSPS) is 32.4. The summed E-state index contributed by atoms with van der Waals surface area (Å²) in [4.78, 5) is 13.1. The largest absolute Gasteiger partial charge is 0.493 e. The van der Waals surface area contributed by atoms with Crippen LogP contribution >= 0.6 is 0 Å². The van der Waals surface area contributed by atoms with Crippen molar-refractivity contribution in [1.29, 1.82) is 0 Å². The zero-order valence-electron chi connectivity index (χ0n) is 15.0. The van der Waals surface area contributed by atoms with Crippen LogP contribution < -0.4 is 4.74 Å². The minimum Gasteiger partial charge on any atom is -0.493 e. The van der Waals surface area contributed by atoms with Gasteiger partial charge in [-0.25, -0.2) is 0 Å². The van der Waals surface area contributed by atoms with Crippen LogP contribution in [0, 0.1) is 6.92 Å². The van der Waals surface area contributed by atoms with Gasteiger partial charge in [0.2, 0.25) is 0 Å². The van der Waals surface area contributed by atoms with Crippen molar-refractivity contribution in [2.24, 2.45) is 0 Å². The summed E-state index contributed by atoms with van der Waals surface area (Å²) in [5, 5.41) is 10.6. The minimum absolute atomic E-state index is 0.233. The van der Waals surface area contributed by atoms with Crippen molar-refractivity contribution < 1.29 is 28.8 Å². The lowest BCUT2D eigenvalue weighted by Crippen LogP contribution is -2.39. The molecule has 136 valence electrons. The molecule has 4 rings (SSSR count). The number of fused-ring (bicyclic) bond motifs is 2. The Morgan fingerprint density at radius 3 is 2.80 bits per heavy atom. The third kappa shape index (κ3) is 2.59. The van der Waals surface area contributed by atoms with Gasteiger partial charge in [-0.05, 0) is 44.4 Å². The molecule has 0 amide bonds. The number of ether oxygens (including phenoxy) is 4. The fraction of sp³-hybridized carbons (Fsp3) is 0.632. The molecular formula is C19H24O6. The van der Waals surface area contributed by atoms with E-state index in [1.165, 1.54) is 0 Å². The fourth-order valence-electron chi connectivity index (χ4n) is 4.01. The molecule has 0 unspecified atom stereocenters. The van der Waals surface area contributed by atoms with Crippen LogP contribution in [0.3, 0.4) is 0 Å². The molecule has 1 N–H and O–H groups in total. The molecule has 3 aliphatic rings. The highest BCUT2D eigenvalue weighted by Crippen LogP contribution is 2.40. The Morgan fingerprint density at radius 1 is 1.36 bits per heavy atom. The van der Waals surface area contributed by atoms with Crippen LogP contribution in [-0.2, 0) is 27.1 Å². The van der Waals surface area contributed by atoms with Crippen LogP contribution in [0.5, 0.6) is 5.75 Å². The van der Waals surface area contributed by atoms with Gasteiger partial charge in [0.1, 0.15) is 18.0 Å². The average molecular weight is 348 g/mol. The van der Waals surface area contributed by atoms with Crippen molar-refractivity contribution in [3.05, 3.63) is 28.3 Å². The number of hydrogen-bond acceptors (Lipinski definition) is 6. The van der Waals surface area contributed by atoms with Gasteiger partial charge in [0.25, 0.3) is 0 Å². The summed E-state index contributed by atoms with van der Waals surface area (Å²) in [6.07, 6.45) is -1.91. The SMILES string of the molecule is CCc1cc(C(=O)[C@@H]2O[C@H]3OC(C)(C)O[C@H]3[C@@H]2O)c2c(c1C)OCC2. The van der Waals surface area contributed by atoms with E-state index in [1.807, 2.05) is 19.9 Å². The van der Waals surface area contributed by atoms with Gasteiger partial charge < -0.3 is 24.1 Å². The molecule has 2 fully saturated rings. The highest BCUT2D eigenvalue weighted by Gasteiger charge is 2.56. The van der Waals surface area contributed by atoms with Crippen LogP contribution in [0.1, 0.15) is 47.8 Å². The van der Waals surface area contributed by atoms with Gasteiger partial charge in [-0.2, -0.15) is 0 Å². The predicted octanol–water partition coefficient (Wildman–Crippen LogP) is 1.91. The summed E-state index contributed by atoms with van der Waals surface area (Å²) >= 11 is 0. The van der Waals surface area contributed by atoms with E-state index in [4.69, 9.17) is 18.9 Å². The molecule has 6 heteroatoms. The van der Waals surface area contributed by atoms with E-state index in [0.29, 0.717) is 18.6 Å². The Morgan fingerprint density at radius 2 is 2.12 bits per heavy atom. The molecule has 3 aliphatic heterocycles. The van der Waals surface area contributed by atoms with Crippen LogP contribution in [0.4, 0.5) is 0 Å². The van der Waals surface area contributed by atoms with Gasteiger partial charge >= 0.3 is 0 Å². The second-order valence-electron chi connectivity index (χ2n) is 7.35. The average Bonchev–Trinajstić information content (AvgIpc) is 3.22. The second-order valence-corrected chi connectivity index (χ2v) is 7.35. The van der Waals surface area contributed by atoms with E-state index >= 15 is 0 Å². The summed E-state index contributed by atoms with van der Waals surface area (Å²) < 4.78 is 22.8. The summed E-state index contributed by atoms with van der Waals surface area (Å²) in [6.45, 7) is 8.16. The molecule has 3 heterocycles. The smallest absolute Gasteiger partial charge is 0.194 e. The standard InChI is InChI=1S/C19H24O6/c1-5-10-8-12(11-6-7-22-15(11)9(10)2)13(20)16-14(21)17-18(23-16)25-19(3,4)24-17/h8,14,16-18,21H,5-7H2,1-4H3/t14-,16+,17+,18+/m1/s1. The third-order valence-electron chi connectivity index (χ3n) is 5.26. The number of carbonyl (C=O) groups is 1. The highest BCUT2D eigenvalue weighted by atomic mass is 16.8. The summed E-state index contributed by atoms with van der Waals surface area (Å²) in [5.41, 5.74) is 3.66. The lowest BCUT2D eigenvalue weighted by Gasteiger charge is -2.23. The van der Waals surface area contributed by atoms with E-state index in [2.05, 4.69) is 0 Å². The molecule has 4 atom stereocenters. The summed E-state index contributed by atoms with van der Waals surface area (Å²) in [7, 11) is 0. The second kappa shape index (κ2) is 5.77. The number of aryl methyl sites for hydroxylation is 1. The molecule has 0 bridgehead atoms. The summed E-state index contributed by atoms with van der Waals surface area (Å²) in [5.74, 6) is -0.245. The van der Waals surface area contributed by atoms with E-state index in [1.54, 1.807) is 13.8 Å². The molecular weight excluding hydrogens is 324 g/mol. The Labute approximate surface area is 147 Å². The number of aliphatic hydroxyl groups is 1. The fourth-order valence-corrected chi connectivity index (χ4v) is 4.01. The maximum atomic E-state index is 13.1. The predicted molar refractivity (Wildman–Crippen MR) is 88.8 cm³/mol. The summed E-state index contributed by atoms with van der Waals surface area (Å²) in [6, 6.07) is 1.92. The van der Waals surface area contributed by atoms with Gasteiger partial charge in [0.15, 0.2) is 24.0 Å². The van der Waals surface area contributed by atoms with Crippen molar-refractivity contribution >= 4 is 5.78 Å². The first-order valence-corrected chi connectivity index (χ1v) is 8.84. The van der Waals surface area contributed by atoms with E-state index in [0.717, 1.165) is 28.9 Å². The van der Waals surface area contributed by atoms with Gasteiger partial charge in [-0.3, -0.25) is 4.79 Å². The molecule has 0 radical (unpaired) electrons. The Kier molecular flexibility index (Phi) is 3.92. The molecule has 1 aromatic carbocycles. The number of ketones is 1. The molecule has 2 saturated heterocycles.